The third-order valence-corrected chi connectivity index (χ3v) is 8.40. The molecule has 0 unspecified atom stereocenters. The first kappa shape index (κ1) is 28.3. The minimum Gasteiger partial charge on any atom is -0.481 e. The molecule has 0 saturated carbocycles. The fraction of sp³-hybridized carbons (Fsp3) is 0.400. The number of nitrogens with zero attached hydrogens (tertiary/aromatic N) is 1. The van der Waals surface area contributed by atoms with Crippen LogP contribution in [-0.2, 0) is 19.6 Å². The molecule has 0 radical (unpaired) electrons. The van der Waals surface area contributed by atoms with E-state index >= 15 is 0 Å². The number of ether oxygens (including phenoxy) is 1. The summed E-state index contributed by atoms with van der Waals surface area (Å²) in [5.74, 6) is -3.67. The smallest absolute Gasteiger partial charge is 0.415 e. The number of carboxylic acids is 1. The van der Waals surface area contributed by atoms with Crippen molar-refractivity contribution >= 4 is 51.1 Å². The van der Waals surface area contributed by atoms with Crippen molar-refractivity contribution in [1.82, 2.24) is 14.9 Å². The lowest BCUT2D eigenvalue weighted by atomic mass is 9.86. The molecule has 2 aliphatic heterocycles. The number of hydrogen-bond donors (Lipinski definition) is 3. The first-order valence-corrected chi connectivity index (χ1v) is 14.3. The molecular formula is C25H27Cl2N3O7S. The van der Waals surface area contributed by atoms with Gasteiger partial charge in [-0.15, -0.1) is 0 Å². The summed E-state index contributed by atoms with van der Waals surface area (Å²) < 4.78 is 34.4. The molecule has 2 fully saturated rings. The van der Waals surface area contributed by atoms with Gasteiger partial charge in [0.15, 0.2) is 5.78 Å². The van der Waals surface area contributed by atoms with E-state index in [2.05, 4.69) is 10.0 Å². The van der Waals surface area contributed by atoms with Crippen molar-refractivity contribution in [3.8, 4) is 5.75 Å². The molecule has 2 saturated heterocycles. The highest BCUT2D eigenvalue weighted by molar-refractivity contribution is 7.89. The van der Waals surface area contributed by atoms with Gasteiger partial charge < -0.3 is 20.1 Å². The Kier molecular flexibility index (Phi) is 8.94. The number of sulfonamides is 1. The van der Waals surface area contributed by atoms with Crippen molar-refractivity contribution in [2.24, 2.45) is 5.92 Å². The van der Waals surface area contributed by atoms with Gasteiger partial charge in [-0.05, 0) is 68.1 Å². The molecule has 2 aromatic carbocycles. The van der Waals surface area contributed by atoms with Gasteiger partial charge in [0.1, 0.15) is 11.7 Å². The van der Waals surface area contributed by atoms with Gasteiger partial charge in [-0.2, -0.15) is 0 Å². The predicted molar refractivity (Wildman–Crippen MR) is 140 cm³/mol. The fourth-order valence-electron chi connectivity index (χ4n) is 4.63. The lowest BCUT2D eigenvalue weighted by Gasteiger charge is -2.27. The van der Waals surface area contributed by atoms with Gasteiger partial charge in [0.25, 0.3) is 0 Å². The molecule has 4 rings (SSSR count). The second kappa shape index (κ2) is 12.0. The van der Waals surface area contributed by atoms with Crippen LogP contribution in [0.5, 0.6) is 5.75 Å². The van der Waals surface area contributed by atoms with Gasteiger partial charge in [0, 0.05) is 23.1 Å². The zero-order valence-corrected chi connectivity index (χ0v) is 22.6. The molecule has 0 spiro atoms. The fourth-order valence-corrected chi connectivity index (χ4v) is 6.59. The maximum atomic E-state index is 13.3. The average Bonchev–Trinajstić information content (AvgIpc) is 3.58. The van der Waals surface area contributed by atoms with Crippen LogP contribution in [0.4, 0.5) is 4.79 Å². The summed E-state index contributed by atoms with van der Waals surface area (Å²) in [6, 6.07) is 7.21. The Morgan fingerprint density at radius 2 is 1.66 bits per heavy atom. The van der Waals surface area contributed by atoms with E-state index in [1.807, 2.05) is 0 Å². The molecule has 3 N–H and O–H groups in total. The van der Waals surface area contributed by atoms with Crippen molar-refractivity contribution < 1.29 is 32.6 Å². The Morgan fingerprint density at radius 3 is 2.21 bits per heavy atom. The Morgan fingerprint density at radius 1 is 1.03 bits per heavy atom. The normalized spacial score (nSPS) is 19.2. The number of likely N-dealkylation sites (tertiary alicyclic amines) is 1. The quantitative estimate of drug-likeness (QED) is 0.380. The summed E-state index contributed by atoms with van der Waals surface area (Å²) in [4.78, 5) is 39.3. The van der Waals surface area contributed by atoms with Gasteiger partial charge >= 0.3 is 12.1 Å². The van der Waals surface area contributed by atoms with Gasteiger partial charge in [0.2, 0.25) is 10.0 Å². The summed E-state index contributed by atoms with van der Waals surface area (Å²) in [6.07, 6.45) is 2.42. The molecule has 10 nitrogen and oxygen atoms in total. The van der Waals surface area contributed by atoms with Gasteiger partial charge in [0.05, 0.1) is 17.0 Å². The first-order valence-electron chi connectivity index (χ1n) is 12.1. The highest BCUT2D eigenvalue weighted by atomic mass is 35.5. The van der Waals surface area contributed by atoms with Crippen LogP contribution in [0.15, 0.2) is 47.4 Å². The van der Waals surface area contributed by atoms with E-state index in [0.717, 1.165) is 12.8 Å². The minimum atomic E-state index is -4.38. The predicted octanol–water partition coefficient (Wildman–Crippen LogP) is 3.63. The van der Waals surface area contributed by atoms with Crippen LogP contribution in [0.2, 0.25) is 10.0 Å². The monoisotopic (exact) mass is 583 g/mol. The number of benzene rings is 2. The molecule has 0 bridgehead atoms. The summed E-state index contributed by atoms with van der Waals surface area (Å²) in [7, 11) is -4.38. The van der Waals surface area contributed by atoms with Crippen LogP contribution in [0, 0.1) is 5.92 Å². The summed E-state index contributed by atoms with van der Waals surface area (Å²) in [6.45, 7) is 1.76. The maximum Gasteiger partial charge on any atom is 0.415 e. The van der Waals surface area contributed by atoms with Crippen molar-refractivity contribution in [3.63, 3.8) is 0 Å². The van der Waals surface area contributed by atoms with Crippen LogP contribution < -0.4 is 14.8 Å². The van der Waals surface area contributed by atoms with Crippen LogP contribution in [0.3, 0.4) is 0 Å². The standard InChI is InChI=1S/C25H27Cl2N3O7S/c26-16-12-17(27)14-19(13-16)38(35,36)29-22(21(24(32)33)23(31)20-4-3-9-28-20)15-5-7-18(8-6-15)37-25(34)30-10-1-2-11-30/h5-8,12-14,20-22,28-29H,1-4,9-11H2,(H,32,33)/t20-,21-,22-/m0/s1. The van der Waals surface area contributed by atoms with Crippen molar-refractivity contribution in [2.75, 3.05) is 19.6 Å². The number of carbonyl (C=O) groups excluding carboxylic acids is 2. The number of carboxylic acid groups (broad SMARTS) is 1. The van der Waals surface area contributed by atoms with E-state index in [9.17, 15) is 27.9 Å². The molecule has 13 heteroatoms. The molecule has 2 heterocycles. The Labute approximate surface area is 230 Å². The van der Waals surface area contributed by atoms with Gasteiger partial charge in [-0.3, -0.25) is 9.59 Å². The van der Waals surface area contributed by atoms with Crippen LogP contribution >= 0.6 is 23.2 Å². The molecule has 38 heavy (non-hydrogen) atoms. The molecule has 2 aromatic rings. The molecule has 0 aliphatic carbocycles. The number of ketones is 1. The first-order chi connectivity index (χ1) is 18.0. The lowest BCUT2D eigenvalue weighted by molar-refractivity contribution is -0.148. The highest BCUT2D eigenvalue weighted by Gasteiger charge is 2.42. The molecular weight excluding hydrogens is 557 g/mol. The molecule has 3 atom stereocenters. The number of carbonyl (C=O) groups is 3. The second-order valence-corrected chi connectivity index (χ2v) is 11.8. The number of amides is 1. The van der Waals surface area contributed by atoms with E-state index < -0.39 is 45.9 Å². The van der Waals surface area contributed by atoms with Gasteiger partial charge in [-0.1, -0.05) is 35.3 Å². The Balaban J connectivity index is 1.67. The lowest BCUT2D eigenvalue weighted by Crippen LogP contribution is -2.46. The summed E-state index contributed by atoms with van der Waals surface area (Å²) in [5.41, 5.74) is 0.196. The average molecular weight is 584 g/mol. The van der Waals surface area contributed by atoms with E-state index in [-0.39, 0.29) is 26.3 Å². The number of halogens is 2. The van der Waals surface area contributed by atoms with Crippen molar-refractivity contribution in [2.45, 2.75) is 42.7 Å². The number of nitrogens with one attached hydrogen (secondary N) is 2. The van der Waals surface area contributed by atoms with Crippen LogP contribution in [0.1, 0.15) is 37.3 Å². The number of Topliss-reactive ketones (excluding diaryl/α,β-unsaturated/α-hetero) is 1. The number of aliphatic carboxylic acids is 1. The third-order valence-electron chi connectivity index (χ3n) is 6.55. The SMILES string of the molecule is O=C(O)[C@H](C(=O)[C@@H]1CCCN1)[C@@H](NS(=O)(=O)c1cc(Cl)cc(Cl)c1)c1ccc(OC(=O)N2CCCC2)cc1. The number of rotatable bonds is 9. The summed E-state index contributed by atoms with van der Waals surface area (Å²) in [5, 5.41) is 13.2. The molecule has 2 aliphatic rings. The Bertz CT molecular complexity index is 1290. The largest absolute Gasteiger partial charge is 0.481 e. The Hall–Kier alpha value is -2.70. The van der Waals surface area contributed by atoms with E-state index in [0.29, 0.717) is 32.5 Å². The maximum absolute atomic E-state index is 13.3. The van der Waals surface area contributed by atoms with Gasteiger partial charge in [-0.25, -0.2) is 17.9 Å². The number of hydrogen-bond acceptors (Lipinski definition) is 7. The second-order valence-electron chi connectivity index (χ2n) is 9.20. The van der Waals surface area contributed by atoms with Crippen LogP contribution in [0.25, 0.3) is 0 Å². The topological polar surface area (TPSA) is 142 Å². The van der Waals surface area contributed by atoms with E-state index in [4.69, 9.17) is 27.9 Å². The van der Waals surface area contributed by atoms with E-state index in [1.165, 1.54) is 42.5 Å². The minimum absolute atomic E-state index is 0.0691. The zero-order chi connectivity index (χ0) is 27.4. The van der Waals surface area contributed by atoms with Crippen LogP contribution in [-0.4, -0.2) is 61.9 Å². The van der Waals surface area contributed by atoms with Crippen molar-refractivity contribution in [1.29, 1.82) is 0 Å². The molecule has 0 aromatic heterocycles. The molecule has 1 amide bonds. The van der Waals surface area contributed by atoms with E-state index in [1.54, 1.807) is 4.90 Å². The highest BCUT2D eigenvalue weighted by Crippen LogP contribution is 2.31. The summed E-state index contributed by atoms with van der Waals surface area (Å²) >= 11 is 12.0. The zero-order valence-electron chi connectivity index (χ0n) is 20.2. The van der Waals surface area contributed by atoms with Crippen molar-refractivity contribution in [3.05, 3.63) is 58.1 Å². The molecule has 204 valence electrons. The third kappa shape index (κ3) is 6.65.